The van der Waals surface area contributed by atoms with Gasteiger partial charge in [-0.2, -0.15) is 10.1 Å². The Balaban J connectivity index is 1.86. The molecule has 0 spiro atoms. The molecule has 124 valence electrons. The largest absolute Gasteiger partial charge is 0.458 e. The highest BCUT2D eigenvalue weighted by Gasteiger charge is 2.29. The Hall–Kier alpha value is -3.50. The minimum atomic E-state index is -0.731. The third-order valence-corrected chi connectivity index (χ3v) is 3.27. The quantitative estimate of drug-likeness (QED) is 0.545. The molecule has 0 saturated heterocycles. The van der Waals surface area contributed by atoms with Gasteiger partial charge in [0.2, 0.25) is 11.6 Å². The Morgan fingerprint density at radius 3 is 2.79 bits per heavy atom. The third kappa shape index (κ3) is 2.62. The molecule has 11 nitrogen and oxygen atoms in total. The lowest BCUT2D eigenvalue weighted by Gasteiger charge is -2.00. The summed E-state index contributed by atoms with van der Waals surface area (Å²) in [5.41, 5.74) is -0.389. The molecule has 3 aromatic heterocycles. The Labute approximate surface area is 134 Å². The molecule has 0 aliphatic carbocycles. The summed E-state index contributed by atoms with van der Waals surface area (Å²) in [7, 11) is 1.45. The number of carbonyl (C=O) groups is 1. The van der Waals surface area contributed by atoms with Gasteiger partial charge < -0.3 is 4.42 Å². The Kier molecular flexibility index (Phi) is 3.60. The first-order valence-electron chi connectivity index (χ1n) is 6.85. The fourth-order valence-corrected chi connectivity index (χ4v) is 2.27. The molecule has 3 rings (SSSR count). The zero-order chi connectivity index (χ0) is 17.4. The van der Waals surface area contributed by atoms with Gasteiger partial charge in [0.05, 0.1) is 4.92 Å². The number of aromatic amines is 1. The van der Waals surface area contributed by atoms with E-state index in [1.807, 2.05) is 0 Å². The van der Waals surface area contributed by atoms with Gasteiger partial charge in [-0.05, 0) is 26.0 Å². The van der Waals surface area contributed by atoms with Crippen molar-refractivity contribution in [2.75, 3.05) is 5.32 Å². The van der Waals surface area contributed by atoms with Gasteiger partial charge in [0.15, 0.2) is 11.6 Å². The third-order valence-electron chi connectivity index (χ3n) is 3.27. The fraction of sp³-hybridized carbons (Fsp3) is 0.231. The molecule has 0 aromatic carbocycles. The predicted octanol–water partition coefficient (Wildman–Crippen LogP) is 1.58. The number of nitrogens with zero attached hydrogens (tertiary/aromatic N) is 5. The van der Waals surface area contributed by atoms with Crippen LogP contribution in [-0.4, -0.2) is 35.8 Å². The highest BCUT2D eigenvalue weighted by molar-refractivity contribution is 6.05. The summed E-state index contributed by atoms with van der Waals surface area (Å²) in [5, 5.41) is 23.9. The van der Waals surface area contributed by atoms with Gasteiger partial charge in [0, 0.05) is 7.05 Å². The van der Waals surface area contributed by atoms with Crippen molar-refractivity contribution in [1.82, 2.24) is 25.0 Å². The Morgan fingerprint density at radius 1 is 1.42 bits per heavy atom. The maximum Gasteiger partial charge on any atom is 0.322 e. The van der Waals surface area contributed by atoms with E-state index in [4.69, 9.17) is 4.42 Å². The average molecular weight is 331 g/mol. The molecule has 3 heterocycles. The van der Waals surface area contributed by atoms with Crippen LogP contribution in [0.5, 0.6) is 0 Å². The number of hydrogen-bond donors (Lipinski definition) is 2. The first-order chi connectivity index (χ1) is 11.4. The summed E-state index contributed by atoms with van der Waals surface area (Å²) < 4.78 is 6.54. The van der Waals surface area contributed by atoms with Gasteiger partial charge in [0.25, 0.3) is 5.91 Å². The van der Waals surface area contributed by atoms with Crippen LogP contribution in [0, 0.1) is 24.0 Å². The van der Waals surface area contributed by atoms with Crippen molar-refractivity contribution in [3.8, 4) is 11.6 Å². The second-order valence-corrected chi connectivity index (χ2v) is 5.04. The normalized spacial score (nSPS) is 10.8. The van der Waals surface area contributed by atoms with E-state index in [1.165, 1.54) is 14.0 Å². The van der Waals surface area contributed by atoms with Gasteiger partial charge in [-0.15, -0.1) is 5.10 Å². The van der Waals surface area contributed by atoms with Gasteiger partial charge >= 0.3 is 5.69 Å². The van der Waals surface area contributed by atoms with Crippen LogP contribution in [0.3, 0.4) is 0 Å². The maximum atomic E-state index is 12.3. The summed E-state index contributed by atoms with van der Waals surface area (Å²) in [6.07, 6.45) is 0. The molecular formula is C13H13N7O4. The van der Waals surface area contributed by atoms with Crippen molar-refractivity contribution in [2.45, 2.75) is 13.8 Å². The number of aryl methyl sites for hydroxylation is 3. The summed E-state index contributed by atoms with van der Waals surface area (Å²) >= 11 is 0. The predicted molar refractivity (Wildman–Crippen MR) is 81.4 cm³/mol. The van der Waals surface area contributed by atoms with E-state index in [-0.39, 0.29) is 23.0 Å². The number of furan rings is 1. The van der Waals surface area contributed by atoms with E-state index in [2.05, 4.69) is 25.6 Å². The van der Waals surface area contributed by atoms with Crippen LogP contribution >= 0.6 is 0 Å². The monoisotopic (exact) mass is 331 g/mol. The van der Waals surface area contributed by atoms with E-state index in [9.17, 15) is 14.9 Å². The molecule has 2 N–H and O–H groups in total. The Bertz CT molecular complexity index is 936. The van der Waals surface area contributed by atoms with Gasteiger partial charge in [-0.3, -0.25) is 30.0 Å². The molecular weight excluding hydrogens is 318 g/mol. The molecule has 11 heteroatoms. The number of nitrogens with one attached hydrogen (secondary N) is 2. The van der Waals surface area contributed by atoms with Crippen molar-refractivity contribution < 1.29 is 14.1 Å². The number of hydrogen-bond acceptors (Lipinski definition) is 7. The molecule has 0 aliphatic rings. The minimum absolute atomic E-state index is 0.0304. The van der Waals surface area contributed by atoms with E-state index >= 15 is 0 Å². The second-order valence-electron chi connectivity index (χ2n) is 5.04. The number of nitro groups is 1. The average Bonchev–Trinajstić information content (AvgIpc) is 3.18. The van der Waals surface area contributed by atoms with Crippen LogP contribution < -0.4 is 5.32 Å². The molecule has 24 heavy (non-hydrogen) atoms. The SMILES string of the molecule is Cc1ccc(-c2nc(NC(=O)c3c([N+](=O)[O-])c(C)nn3C)n[nH]2)o1. The van der Waals surface area contributed by atoms with Crippen molar-refractivity contribution in [3.63, 3.8) is 0 Å². The summed E-state index contributed by atoms with van der Waals surface area (Å²) in [6.45, 7) is 3.24. The number of rotatable bonds is 4. The van der Waals surface area contributed by atoms with Crippen LogP contribution in [0.4, 0.5) is 11.6 Å². The first kappa shape index (κ1) is 15.4. The molecule has 0 bridgehead atoms. The lowest BCUT2D eigenvalue weighted by molar-refractivity contribution is -0.385. The maximum absolute atomic E-state index is 12.3. The molecule has 1 amide bonds. The van der Waals surface area contributed by atoms with Gasteiger partial charge in [-0.1, -0.05) is 0 Å². The molecule has 0 atom stereocenters. The van der Waals surface area contributed by atoms with E-state index in [0.717, 1.165) is 4.68 Å². The van der Waals surface area contributed by atoms with Gasteiger partial charge in [0.1, 0.15) is 11.5 Å². The standard InChI is InChI=1S/C13H13N7O4/c1-6-4-5-8(24-6)11-14-13(17-16-11)15-12(21)10-9(20(22)23)7(2)18-19(10)3/h4-5H,1-3H3,(H2,14,15,16,17,21). The van der Waals surface area contributed by atoms with E-state index in [0.29, 0.717) is 17.3 Å². The van der Waals surface area contributed by atoms with Crippen LogP contribution in [0.15, 0.2) is 16.5 Å². The van der Waals surface area contributed by atoms with Crippen LogP contribution in [-0.2, 0) is 7.05 Å². The van der Waals surface area contributed by atoms with E-state index < -0.39 is 10.8 Å². The first-order valence-corrected chi connectivity index (χ1v) is 6.85. The highest BCUT2D eigenvalue weighted by atomic mass is 16.6. The summed E-state index contributed by atoms with van der Waals surface area (Å²) in [4.78, 5) is 26.9. The van der Waals surface area contributed by atoms with Crippen LogP contribution in [0.25, 0.3) is 11.6 Å². The lowest BCUT2D eigenvalue weighted by Crippen LogP contribution is -2.18. The fourth-order valence-electron chi connectivity index (χ4n) is 2.27. The number of aromatic nitrogens is 5. The van der Waals surface area contributed by atoms with E-state index in [1.54, 1.807) is 19.1 Å². The van der Waals surface area contributed by atoms with Crippen molar-refractivity contribution >= 4 is 17.5 Å². The lowest BCUT2D eigenvalue weighted by atomic mass is 10.3. The van der Waals surface area contributed by atoms with Crippen LogP contribution in [0.1, 0.15) is 21.9 Å². The zero-order valence-electron chi connectivity index (χ0n) is 13.0. The van der Waals surface area contributed by atoms with Crippen molar-refractivity contribution in [2.24, 2.45) is 7.05 Å². The zero-order valence-corrected chi connectivity index (χ0v) is 13.0. The molecule has 3 aromatic rings. The summed E-state index contributed by atoms with van der Waals surface area (Å²) in [5.74, 6) is 0.730. The highest BCUT2D eigenvalue weighted by Crippen LogP contribution is 2.23. The number of H-pyrrole nitrogens is 1. The minimum Gasteiger partial charge on any atom is -0.458 e. The van der Waals surface area contributed by atoms with Crippen molar-refractivity contribution in [1.29, 1.82) is 0 Å². The Morgan fingerprint density at radius 2 is 2.17 bits per heavy atom. The molecule has 0 saturated carbocycles. The van der Waals surface area contributed by atoms with Gasteiger partial charge in [-0.25, -0.2) is 0 Å². The second kappa shape index (κ2) is 5.61. The molecule has 0 aliphatic heterocycles. The number of anilines is 1. The molecule has 0 radical (unpaired) electrons. The molecule has 0 unspecified atom stereocenters. The van der Waals surface area contributed by atoms with Crippen molar-refractivity contribution in [3.05, 3.63) is 39.4 Å². The topological polar surface area (TPSA) is 145 Å². The number of amides is 1. The molecule has 0 fully saturated rings. The number of carbonyl (C=O) groups excluding carboxylic acids is 1. The van der Waals surface area contributed by atoms with Crippen LogP contribution in [0.2, 0.25) is 0 Å². The summed E-state index contributed by atoms with van der Waals surface area (Å²) in [6, 6.07) is 3.47. The smallest absolute Gasteiger partial charge is 0.322 e.